The fourth-order valence-corrected chi connectivity index (χ4v) is 4.32. The van der Waals surface area contributed by atoms with Crippen molar-refractivity contribution in [3.05, 3.63) is 82.5 Å². The Morgan fingerprint density at radius 1 is 1.06 bits per heavy atom. The number of fused-ring (bicyclic) bond motifs is 2. The molecule has 0 fully saturated rings. The van der Waals surface area contributed by atoms with Gasteiger partial charge in [-0.05, 0) is 72.4 Å². The highest BCUT2D eigenvalue weighted by Crippen LogP contribution is 2.31. The number of nitrogens with zero attached hydrogens (tertiary/aromatic N) is 3. The second-order valence-corrected chi connectivity index (χ2v) is 8.39. The third-order valence-electron chi connectivity index (χ3n) is 5.76. The molecule has 7 heteroatoms. The number of pyridine rings is 1. The Kier molecular flexibility index (Phi) is 5.45. The zero-order valence-electron chi connectivity index (χ0n) is 17.3. The lowest BCUT2D eigenvalue weighted by Crippen LogP contribution is -2.39. The zero-order chi connectivity index (χ0) is 22.1. The van der Waals surface area contributed by atoms with Crippen LogP contribution in [-0.4, -0.2) is 29.1 Å². The number of aromatic nitrogens is 1. The number of carbonyl (C=O) groups excluding carboxylic acids is 2. The van der Waals surface area contributed by atoms with Gasteiger partial charge in [-0.3, -0.25) is 14.5 Å². The van der Waals surface area contributed by atoms with Crippen molar-refractivity contribution in [1.82, 2.24) is 4.98 Å². The van der Waals surface area contributed by atoms with Crippen LogP contribution < -0.4 is 10.2 Å². The van der Waals surface area contributed by atoms with Crippen LogP contribution in [0.5, 0.6) is 0 Å². The smallest absolute Gasteiger partial charge is 0.244 e. The molecule has 6 nitrogen and oxygen atoms in total. The summed E-state index contributed by atoms with van der Waals surface area (Å²) in [4.78, 5) is 36.5. The Labute approximate surface area is 191 Å². The fourth-order valence-electron chi connectivity index (χ4n) is 4.19. The predicted molar refractivity (Wildman–Crippen MR) is 126 cm³/mol. The monoisotopic (exact) mass is 444 g/mol. The highest BCUT2D eigenvalue weighted by Gasteiger charge is 2.28. The van der Waals surface area contributed by atoms with E-state index in [2.05, 4.69) is 21.4 Å². The second kappa shape index (κ2) is 8.55. The molecule has 32 heavy (non-hydrogen) atoms. The van der Waals surface area contributed by atoms with Gasteiger partial charge in [0.1, 0.15) is 12.2 Å². The van der Waals surface area contributed by atoms with E-state index in [1.54, 1.807) is 30.5 Å². The molecule has 3 aromatic rings. The maximum atomic E-state index is 13.2. The molecule has 2 amide bonds. The number of nitrogens with one attached hydrogen (secondary N) is 1. The van der Waals surface area contributed by atoms with Crippen molar-refractivity contribution in [2.75, 3.05) is 16.8 Å². The Morgan fingerprint density at radius 3 is 2.72 bits per heavy atom. The maximum Gasteiger partial charge on any atom is 0.244 e. The molecule has 2 aromatic carbocycles. The Hall–Kier alpha value is -3.51. The summed E-state index contributed by atoms with van der Waals surface area (Å²) < 4.78 is 0. The van der Waals surface area contributed by atoms with Gasteiger partial charge < -0.3 is 5.32 Å². The zero-order valence-corrected chi connectivity index (χ0v) is 18.1. The van der Waals surface area contributed by atoms with Crippen LogP contribution in [0.3, 0.4) is 0 Å². The molecule has 0 saturated carbocycles. The summed E-state index contributed by atoms with van der Waals surface area (Å²) in [6, 6.07) is 16.8. The highest BCUT2D eigenvalue weighted by atomic mass is 35.5. The number of aryl methyl sites for hydroxylation is 2. The number of carbonyl (C=O) groups is 2. The molecule has 2 aliphatic rings. The van der Waals surface area contributed by atoms with E-state index in [9.17, 15) is 9.59 Å². The molecule has 2 heterocycles. The number of aliphatic imine (C=N–C) groups is 1. The van der Waals surface area contributed by atoms with Crippen molar-refractivity contribution >= 4 is 46.3 Å². The molecule has 160 valence electrons. The molecular formula is C25H21ClN4O2. The normalized spacial score (nSPS) is 15.0. The van der Waals surface area contributed by atoms with Crippen molar-refractivity contribution in [3.63, 3.8) is 0 Å². The van der Waals surface area contributed by atoms with Crippen molar-refractivity contribution in [1.29, 1.82) is 0 Å². The summed E-state index contributed by atoms with van der Waals surface area (Å²) >= 11 is 6.00. The largest absolute Gasteiger partial charge is 0.325 e. The molecule has 0 radical (unpaired) electrons. The standard InChI is InChI=1S/C25H21ClN4O2/c26-19-9-6-17(7-10-19)22-14-24(32)30(25-21(29-22)5-2-12-27-25)15-23(31)28-20-11-8-16-3-1-4-18(16)13-20/h2,5-13H,1,3-4,14-15H2,(H,28,31). The van der Waals surface area contributed by atoms with E-state index in [0.717, 1.165) is 30.5 Å². The van der Waals surface area contributed by atoms with Gasteiger partial charge in [-0.1, -0.05) is 29.8 Å². The SMILES string of the molecule is O=C(CN1C(=O)CC(c2ccc(Cl)cc2)=Nc2cccnc21)Nc1ccc2c(c1)CCC2. The van der Waals surface area contributed by atoms with Crippen molar-refractivity contribution < 1.29 is 9.59 Å². The summed E-state index contributed by atoms with van der Waals surface area (Å²) in [7, 11) is 0. The van der Waals surface area contributed by atoms with Crippen LogP contribution in [0.2, 0.25) is 5.02 Å². The first-order valence-corrected chi connectivity index (χ1v) is 11.0. The van der Waals surface area contributed by atoms with Gasteiger partial charge in [0.2, 0.25) is 11.8 Å². The minimum Gasteiger partial charge on any atom is -0.325 e. The van der Waals surface area contributed by atoms with Crippen LogP contribution in [-0.2, 0) is 22.4 Å². The number of benzene rings is 2. The minimum atomic E-state index is -0.275. The molecule has 0 saturated heterocycles. The lowest BCUT2D eigenvalue weighted by Gasteiger charge is -2.20. The molecule has 1 aliphatic carbocycles. The number of rotatable bonds is 4. The van der Waals surface area contributed by atoms with E-state index in [0.29, 0.717) is 22.2 Å². The number of hydrogen-bond acceptors (Lipinski definition) is 4. The van der Waals surface area contributed by atoms with Gasteiger partial charge in [-0.2, -0.15) is 0 Å². The molecule has 0 spiro atoms. The second-order valence-electron chi connectivity index (χ2n) is 7.95. The van der Waals surface area contributed by atoms with Gasteiger partial charge >= 0.3 is 0 Å². The van der Waals surface area contributed by atoms with Crippen LogP contribution in [0.25, 0.3) is 0 Å². The van der Waals surface area contributed by atoms with Crippen LogP contribution in [0.1, 0.15) is 29.5 Å². The van der Waals surface area contributed by atoms with Gasteiger partial charge in [0, 0.05) is 16.9 Å². The third kappa shape index (κ3) is 4.14. The van der Waals surface area contributed by atoms with Crippen LogP contribution in [0.15, 0.2) is 65.8 Å². The fraction of sp³-hybridized carbons (Fsp3) is 0.200. The van der Waals surface area contributed by atoms with Crippen molar-refractivity contribution in [2.24, 2.45) is 4.99 Å². The lowest BCUT2D eigenvalue weighted by molar-refractivity contribution is -0.120. The van der Waals surface area contributed by atoms with Crippen molar-refractivity contribution in [2.45, 2.75) is 25.7 Å². The minimum absolute atomic E-state index is 0.0596. The first kappa shape index (κ1) is 20.4. The molecule has 0 unspecified atom stereocenters. The van der Waals surface area contributed by atoms with Gasteiger partial charge in [-0.25, -0.2) is 9.98 Å². The van der Waals surface area contributed by atoms with E-state index >= 15 is 0 Å². The topological polar surface area (TPSA) is 74.7 Å². The summed E-state index contributed by atoms with van der Waals surface area (Å²) in [5.41, 5.74) is 5.34. The van der Waals surface area contributed by atoms with Crippen LogP contribution in [0.4, 0.5) is 17.2 Å². The van der Waals surface area contributed by atoms with Crippen LogP contribution >= 0.6 is 11.6 Å². The van der Waals surface area contributed by atoms with E-state index < -0.39 is 0 Å². The first-order valence-electron chi connectivity index (χ1n) is 10.6. The quantitative estimate of drug-likeness (QED) is 0.632. The van der Waals surface area contributed by atoms with E-state index in [4.69, 9.17) is 11.6 Å². The number of amides is 2. The average Bonchev–Trinajstić information content (AvgIpc) is 3.20. The van der Waals surface area contributed by atoms with Crippen LogP contribution in [0, 0.1) is 0 Å². The first-order chi connectivity index (χ1) is 15.6. The number of hydrogen-bond donors (Lipinski definition) is 1. The molecule has 1 aromatic heterocycles. The molecular weight excluding hydrogens is 424 g/mol. The lowest BCUT2D eigenvalue weighted by atomic mass is 10.1. The predicted octanol–water partition coefficient (Wildman–Crippen LogP) is 4.72. The van der Waals surface area contributed by atoms with Crippen molar-refractivity contribution in [3.8, 4) is 0 Å². The molecule has 1 aliphatic heterocycles. The van der Waals surface area contributed by atoms with E-state index in [1.165, 1.54) is 16.0 Å². The summed E-state index contributed by atoms with van der Waals surface area (Å²) in [5.74, 6) is -0.131. The number of anilines is 2. The summed E-state index contributed by atoms with van der Waals surface area (Å²) in [5, 5.41) is 3.54. The van der Waals surface area contributed by atoms with Gasteiger partial charge in [0.25, 0.3) is 0 Å². The van der Waals surface area contributed by atoms with E-state index in [1.807, 2.05) is 24.3 Å². The summed E-state index contributed by atoms with van der Waals surface area (Å²) in [6.07, 6.45) is 4.92. The maximum absolute atomic E-state index is 13.2. The van der Waals surface area contributed by atoms with Gasteiger partial charge in [0.15, 0.2) is 5.82 Å². The third-order valence-corrected chi connectivity index (χ3v) is 6.01. The molecule has 0 atom stereocenters. The Bertz CT molecular complexity index is 1240. The molecule has 5 rings (SSSR count). The molecule has 0 bridgehead atoms. The van der Waals surface area contributed by atoms with E-state index in [-0.39, 0.29) is 24.8 Å². The number of halogens is 1. The van der Waals surface area contributed by atoms with Gasteiger partial charge in [0.05, 0.1) is 12.1 Å². The molecule has 1 N–H and O–H groups in total. The Morgan fingerprint density at radius 2 is 1.88 bits per heavy atom. The summed E-state index contributed by atoms with van der Waals surface area (Å²) in [6.45, 7) is -0.136. The average molecular weight is 445 g/mol. The Balaban J connectivity index is 1.38. The highest BCUT2D eigenvalue weighted by molar-refractivity contribution is 6.30. The van der Waals surface area contributed by atoms with Gasteiger partial charge in [-0.15, -0.1) is 0 Å².